The van der Waals surface area contributed by atoms with Crippen molar-refractivity contribution >= 4 is 11.6 Å². The van der Waals surface area contributed by atoms with Gasteiger partial charge in [-0.2, -0.15) is 0 Å². The molecule has 1 atom stereocenters. The van der Waals surface area contributed by atoms with Crippen molar-refractivity contribution in [1.82, 2.24) is 16.0 Å². The average molecular weight is 476 g/mol. The van der Waals surface area contributed by atoms with Gasteiger partial charge in [0.1, 0.15) is 17.4 Å². The number of hydrogen-bond acceptors (Lipinski definition) is 4. The van der Waals surface area contributed by atoms with Crippen molar-refractivity contribution in [2.45, 2.75) is 78.8 Å². The van der Waals surface area contributed by atoms with Crippen molar-refractivity contribution in [3.05, 3.63) is 46.8 Å². The van der Waals surface area contributed by atoms with E-state index in [4.69, 9.17) is 0 Å². The fraction of sp³-hybridized carbons (Fsp3) is 0.630. The zero-order valence-electron chi connectivity index (χ0n) is 21.5. The van der Waals surface area contributed by atoms with Gasteiger partial charge in [-0.25, -0.2) is 18.7 Å². The lowest BCUT2D eigenvalue weighted by Gasteiger charge is -2.36. The van der Waals surface area contributed by atoms with E-state index in [9.17, 15) is 13.6 Å². The number of amidine groups is 1. The van der Waals surface area contributed by atoms with Crippen molar-refractivity contribution in [1.29, 1.82) is 0 Å². The van der Waals surface area contributed by atoms with Crippen LogP contribution in [0.25, 0.3) is 0 Å². The third-order valence-corrected chi connectivity index (χ3v) is 7.69. The molecule has 3 aliphatic rings. The molecule has 0 radical (unpaired) electrons. The normalized spacial score (nSPS) is 20.9. The highest BCUT2D eigenvalue weighted by atomic mass is 19.3. The van der Waals surface area contributed by atoms with Crippen LogP contribution in [0, 0.1) is 11.3 Å². The monoisotopic (exact) mass is 475 g/mol. The van der Waals surface area contributed by atoms with E-state index in [1.54, 1.807) is 7.05 Å². The van der Waals surface area contributed by atoms with Crippen molar-refractivity contribution < 1.29 is 18.2 Å². The van der Waals surface area contributed by atoms with Crippen LogP contribution in [0.1, 0.15) is 60.3 Å². The fourth-order valence-electron chi connectivity index (χ4n) is 5.08. The van der Waals surface area contributed by atoms with Crippen LogP contribution in [0.2, 0.25) is 0 Å². The molecule has 0 unspecified atom stereocenters. The number of alkyl halides is 2. The Bertz CT molecular complexity index is 950. The summed E-state index contributed by atoms with van der Waals surface area (Å²) in [6.45, 7) is 15.4. The number of nitrogens with one attached hydrogen (secondary N) is 3. The lowest BCUT2D eigenvalue weighted by molar-refractivity contribution is -0.537. The number of rotatable bonds is 9. The van der Waals surface area contributed by atoms with E-state index in [-0.39, 0.29) is 23.3 Å². The lowest BCUT2D eigenvalue weighted by Crippen LogP contribution is -2.51. The largest absolute Gasteiger partial charge is 0.316 e. The number of allylic oxidation sites excluding steroid dienone is 3. The topological polar surface area (TPSA) is 56.2 Å². The molecule has 34 heavy (non-hydrogen) atoms. The Morgan fingerprint density at radius 2 is 1.91 bits per heavy atom. The molecule has 7 heteroatoms. The van der Waals surface area contributed by atoms with Gasteiger partial charge in [0.05, 0.1) is 5.57 Å². The second-order valence-electron chi connectivity index (χ2n) is 10.5. The summed E-state index contributed by atoms with van der Waals surface area (Å²) in [6, 6.07) is 0.218. The molecule has 188 valence electrons. The molecule has 0 aromatic heterocycles. The van der Waals surface area contributed by atoms with Crippen LogP contribution >= 0.6 is 0 Å². The Hall–Kier alpha value is -2.12. The third kappa shape index (κ3) is 5.25. The minimum absolute atomic E-state index is 0.0479. The summed E-state index contributed by atoms with van der Waals surface area (Å²) in [5.74, 6) is 1.04. The van der Waals surface area contributed by atoms with Gasteiger partial charge in [0, 0.05) is 48.6 Å². The van der Waals surface area contributed by atoms with Crippen LogP contribution in [0.3, 0.4) is 0 Å². The van der Waals surface area contributed by atoms with E-state index in [0.29, 0.717) is 18.2 Å². The Balaban J connectivity index is 1.88. The molecule has 3 rings (SSSR count). The van der Waals surface area contributed by atoms with Gasteiger partial charge in [-0.3, -0.25) is 4.79 Å². The summed E-state index contributed by atoms with van der Waals surface area (Å²) < 4.78 is 30.5. The number of ketones is 1. The molecular formula is C27H41F2N4O+. The summed E-state index contributed by atoms with van der Waals surface area (Å²) in [4.78, 5) is 12.7. The van der Waals surface area contributed by atoms with Gasteiger partial charge in [-0.1, -0.05) is 40.3 Å². The quantitative estimate of drug-likeness (QED) is 0.344. The molecule has 1 saturated heterocycles. The number of carbonyl (C=O) groups is 1. The first-order valence-electron chi connectivity index (χ1n) is 12.4. The summed E-state index contributed by atoms with van der Waals surface area (Å²) in [5, 5.41) is 9.87. The van der Waals surface area contributed by atoms with Crippen molar-refractivity contribution in [3.8, 4) is 0 Å². The Kier molecular flexibility index (Phi) is 8.30. The number of hydrogen-bond donors (Lipinski definition) is 3. The van der Waals surface area contributed by atoms with Gasteiger partial charge in [-0.15, -0.1) is 0 Å². The first kappa shape index (κ1) is 26.5. The zero-order chi connectivity index (χ0) is 25.2. The molecule has 0 bridgehead atoms. The van der Waals surface area contributed by atoms with Crippen LogP contribution in [0.4, 0.5) is 8.78 Å². The molecule has 1 fully saturated rings. The van der Waals surface area contributed by atoms with E-state index in [2.05, 4.69) is 33.2 Å². The fourth-order valence-corrected chi connectivity index (χ4v) is 5.08. The maximum atomic E-state index is 14.1. The summed E-state index contributed by atoms with van der Waals surface area (Å²) in [5.41, 5.74) is 2.94. The van der Waals surface area contributed by atoms with Crippen molar-refractivity contribution in [2.75, 3.05) is 20.1 Å². The predicted molar refractivity (Wildman–Crippen MR) is 134 cm³/mol. The molecule has 3 N–H and O–H groups in total. The number of halogens is 2. The maximum Gasteiger partial charge on any atom is 0.287 e. The lowest BCUT2D eigenvalue weighted by atomic mass is 9.77. The molecule has 2 heterocycles. The second-order valence-corrected chi connectivity index (χ2v) is 10.5. The zero-order valence-corrected chi connectivity index (χ0v) is 21.5. The molecule has 0 amide bonds. The number of Topliss-reactive ketones (excluding diaryl/α,β-unsaturated/α-hetero) is 1. The van der Waals surface area contributed by atoms with Gasteiger partial charge in [-0.05, 0) is 38.7 Å². The SMILES string of the molecule is C=C(/C=C(/C(F)F)C(C)(C)[C@@H](C)NC)NC1=[N+](C2CCNCC2)C2=C1CC(C(=O)C(C)C)=CC2. The Morgan fingerprint density at radius 3 is 2.47 bits per heavy atom. The third-order valence-electron chi connectivity index (χ3n) is 7.69. The first-order chi connectivity index (χ1) is 16.0. The van der Waals surface area contributed by atoms with Gasteiger partial charge in [0.2, 0.25) is 0 Å². The number of carbonyl (C=O) groups excluding carboxylic acids is 1. The molecule has 0 saturated carbocycles. The standard InChI is InChI=1S/C27H40F2N4O/c1-16(2)24(34)19-8-9-23-21(15-19)26(33(23)20-10-12-31-13-11-20)32-17(3)14-22(25(28)29)27(5,6)18(4)30-7/h8,14,16,18,20,25,30-31H,3,9-13,15H2,1-2,4-7H3/p+1/b22-14-/t18-/m1/s1. The molecule has 0 aromatic rings. The summed E-state index contributed by atoms with van der Waals surface area (Å²) >= 11 is 0. The maximum absolute atomic E-state index is 14.1. The minimum atomic E-state index is -2.58. The van der Waals surface area contributed by atoms with E-state index >= 15 is 0 Å². The molecule has 5 nitrogen and oxygen atoms in total. The summed E-state index contributed by atoms with van der Waals surface area (Å²) in [6.07, 6.45) is 4.33. The molecule has 0 aromatic carbocycles. The van der Waals surface area contributed by atoms with Crippen molar-refractivity contribution in [3.63, 3.8) is 0 Å². The summed E-state index contributed by atoms with van der Waals surface area (Å²) in [7, 11) is 1.78. The van der Waals surface area contributed by atoms with E-state index < -0.39 is 11.8 Å². The first-order valence-corrected chi connectivity index (χ1v) is 12.4. The van der Waals surface area contributed by atoms with Crippen molar-refractivity contribution in [2.24, 2.45) is 11.3 Å². The van der Waals surface area contributed by atoms with Crippen LogP contribution in [0.5, 0.6) is 0 Å². The van der Waals surface area contributed by atoms with E-state index in [1.807, 2.05) is 34.6 Å². The molecule has 2 aliphatic heterocycles. The van der Waals surface area contributed by atoms with Gasteiger partial charge in [0.15, 0.2) is 5.78 Å². The van der Waals surface area contributed by atoms with Gasteiger partial charge < -0.3 is 10.6 Å². The Morgan fingerprint density at radius 1 is 1.26 bits per heavy atom. The molecule has 0 spiro atoms. The number of piperidine rings is 1. The van der Waals surface area contributed by atoms with Crippen LogP contribution in [-0.4, -0.2) is 54.8 Å². The van der Waals surface area contributed by atoms with Gasteiger partial charge in [0.25, 0.3) is 12.3 Å². The van der Waals surface area contributed by atoms with Crippen LogP contribution < -0.4 is 16.0 Å². The number of nitrogens with zero attached hydrogens (tertiary/aromatic N) is 1. The molecule has 1 aliphatic carbocycles. The highest BCUT2D eigenvalue weighted by molar-refractivity contribution is 6.05. The van der Waals surface area contributed by atoms with E-state index in [1.165, 1.54) is 11.8 Å². The highest BCUT2D eigenvalue weighted by Gasteiger charge is 2.43. The van der Waals surface area contributed by atoms with Crippen LogP contribution in [0.15, 0.2) is 46.8 Å². The Labute approximate surface area is 203 Å². The average Bonchev–Trinajstić information content (AvgIpc) is 2.80. The minimum Gasteiger partial charge on any atom is -0.316 e. The highest BCUT2D eigenvalue weighted by Crippen LogP contribution is 2.38. The van der Waals surface area contributed by atoms with E-state index in [0.717, 1.165) is 49.3 Å². The van der Waals surface area contributed by atoms with Gasteiger partial charge >= 0.3 is 0 Å². The smallest absolute Gasteiger partial charge is 0.287 e. The van der Waals surface area contributed by atoms with Crippen LogP contribution in [-0.2, 0) is 4.79 Å². The second kappa shape index (κ2) is 10.6. The molecular weight excluding hydrogens is 434 g/mol. The predicted octanol–water partition coefficient (Wildman–Crippen LogP) is 4.29.